The number of carbonyl (C=O) groups is 2. The summed E-state index contributed by atoms with van der Waals surface area (Å²) in [4.78, 5) is 40.7. The molecule has 2 aliphatic rings. The number of aromatic nitrogens is 2. The normalized spacial score (nSPS) is 20.8. The fourth-order valence-electron chi connectivity index (χ4n) is 4.92. The van der Waals surface area contributed by atoms with Gasteiger partial charge in [-0.15, -0.1) is 0 Å². The summed E-state index contributed by atoms with van der Waals surface area (Å²) >= 11 is 0. The number of carbonyl (C=O) groups excluding carboxylic acids is 2. The number of aryl methyl sites for hydroxylation is 2. The van der Waals surface area contributed by atoms with E-state index in [1.807, 2.05) is 0 Å². The SMILES string of the molecule is Cc1nn(C)c(C)c1/C(O)=C1\C(=O)C(=O)N(CCN2CCCCC2)C1c1ccc([N+](=O)[O-])cc1. The van der Waals surface area contributed by atoms with Crippen LogP contribution in [0, 0.1) is 24.0 Å². The summed E-state index contributed by atoms with van der Waals surface area (Å²) in [5.41, 5.74) is 2.05. The zero-order valence-corrected chi connectivity index (χ0v) is 19.7. The molecule has 2 fully saturated rings. The van der Waals surface area contributed by atoms with E-state index in [0.717, 1.165) is 25.9 Å². The van der Waals surface area contributed by atoms with E-state index in [-0.39, 0.29) is 17.0 Å². The van der Waals surface area contributed by atoms with Gasteiger partial charge in [-0.2, -0.15) is 5.10 Å². The number of non-ortho nitro benzene ring substituents is 1. The van der Waals surface area contributed by atoms with E-state index in [9.17, 15) is 24.8 Å². The molecule has 2 aromatic rings. The number of aliphatic hydroxyl groups excluding tert-OH is 1. The Morgan fingerprint density at radius 3 is 2.32 bits per heavy atom. The first-order chi connectivity index (χ1) is 16.2. The molecule has 10 nitrogen and oxygen atoms in total. The maximum Gasteiger partial charge on any atom is 0.295 e. The zero-order chi connectivity index (χ0) is 24.6. The molecule has 1 aromatic carbocycles. The molecule has 0 radical (unpaired) electrons. The molecule has 0 spiro atoms. The van der Waals surface area contributed by atoms with Crippen molar-refractivity contribution in [2.24, 2.45) is 7.05 Å². The van der Waals surface area contributed by atoms with Crippen LogP contribution in [0.3, 0.4) is 0 Å². The second kappa shape index (κ2) is 9.38. The monoisotopic (exact) mass is 467 g/mol. The van der Waals surface area contributed by atoms with Gasteiger partial charge >= 0.3 is 0 Å². The molecule has 1 N–H and O–H groups in total. The van der Waals surface area contributed by atoms with E-state index < -0.39 is 22.7 Å². The molecule has 0 aliphatic carbocycles. The minimum Gasteiger partial charge on any atom is -0.507 e. The number of nitro groups is 1. The predicted octanol–water partition coefficient (Wildman–Crippen LogP) is 2.85. The van der Waals surface area contributed by atoms with Gasteiger partial charge in [-0.25, -0.2) is 0 Å². The largest absolute Gasteiger partial charge is 0.507 e. The van der Waals surface area contributed by atoms with Crippen LogP contribution in [0.2, 0.25) is 0 Å². The minimum absolute atomic E-state index is 0.0169. The van der Waals surface area contributed by atoms with Gasteiger partial charge in [-0.1, -0.05) is 6.42 Å². The van der Waals surface area contributed by atoms with Gasteiger partial charge in [0.25, 0.3) is 17.4 Å². The molecule has 1 atom stereocenters. The number of benzene rings is 1. The van der Waals surface area contributed by atoms with E-state index in [2.05, 4.69) is 10.00 Å². The van der Waals surface area contributed by atoms with Crippen LogP contribution in [0.15, 0.2) is 29.8 Å². The Labute approximate surface area is 197 Å². The van der Waals surface area contributed by atoms with Gasteiger partial charge in [0.05, 0.1) is 27.8 Å². The molecule has 10 heteroatoms. The van der Waals surface area contributed by atoms with Gasteiger partial charge in [-0.05, 0) is 57.5 Å². The van der Waals surface area contributed by atoms with E-state index in [0.29, 0.717) is 35.6 Å². The summed E-state index contributed by atoms with van der Waals surface area (Å²) in [5, 5.41) is 26.8. The van der Waals surface area contributed by atoms with Crippen molar-refractivity contribution in [1.82, 2.24) is 19.6 Å². The zero-order valence-electron chi connectivity index (χ0n) is 19.7. The lowest BCUT2D eigenvalue weighted by molar-refractivity contribution is -0.384. The van der Waals surface area contributed by atoms with Gasteiger partial charge in [0.2, 0.25) is 0 Å². The minimum atomic E-state index is -0.843. The molecule has 180 valence electrons. The van der Waals surface area contributed by atoms with Crippen LogP contribution >= 0.6 is 0 Å². The van der Waals surface area contributed by atoms with E-state index >= 15 is 0 Å². The summed E-state index contributed by atoms with van der Waals surface area (Å²) in [6.07, 6.45) is 3.39. The fourth-order valence-corrected chi connectivity index (χ4v) is 4.92. The van der Waals surface area contributed by atoms with Crippen LogP contribution in [-0.2, 0) is 16.6 Å². The van der Waals surface area contributed by atoms with Crippen LogP contribution in [0.5, 0.6) is 0 Å². The van der Waals surface area contributed by atoms with Crippen LogP contribution < -0.4 is 0 Å². The second-order valence-corrected chi connectivity index (χ2v) is 8.91. The number of nitro benzene ring substituents is 1. The van der Waals surface area contributed by atoms with Crippen molar-refractivity contribution >= 4 is 23.1 Å². The third kappa shape index (κ3) is 4.21. The third-order valence-electron chi connectivity index (χ3n) is 6.81. The quantitative estimate of drug-likeness (QED) is 0.228. The first kappa shape index (κ1) is 23.6. The second-order valence-electron chi connectivity index (χ2n) is 8.91. The molecule has 0 bridgehead atoms. The predicted molar refractivity (Wildman–Crippen MR) is 125 cm³/mol. The number of hydrogen-bond acceptors (Lipinski definition) is 7. The van der Waals surface area contributed by atoms with Crippen LogP contribution in [-0.4, -0.2) is 67.5 Å². The Balaban J connectivity index is 1.79. The Hall–Kier alpha value is -3.53. The molecular weight excluding hydrogens is 438 g/mol. The molecule has 3 heterocycles. The van der Waals surface area contributed by atoms with E-state index in [1.165, 1.54) is 23.5 Å². The number of amides is 1. The first-order valence-electron chi connectivity index (χ1n) is 11.5. The van der Waals surface area contributed by atoms with Gasteiger partial charge in [0.15, 0.2) is 0 Å². The standard InChI is InChI=1S/C24H29N5O5/c1-15-19(16(2)26(3)25-15)22(30)20-21(17-7-9-18(10-8-17)29(33)34)28(24(32)23(20)31)14-13-27-11-5-4-6-12-27/h7-10,21,30H,4-6,11-14H2,1-3H3/b22-20+. The highest BCUT2D eigenvalue weighted by atomic mass is 16.6. The number of nitrogens with zero attached hydrogens (tertiary/aromatic N) is 5. The number of aliphatic hydroxyl groups is 1. The Kier molecular flexibility index (Phi) is 6.52. The average Bonchev–Trinajstić information content (AvgIpc) is 3.23. The number of ketones is 1. The smallest absolute Gasteiger partial charge is 0.295 e. The Morgan fingerprint density at radius 2 is 1.76 bits per heavy atom. The van der Waals surface area contributed by atoms with E-state index in [4.69, 9.17) is 0 Å². The summed E-state index contributed by atoms with van der Waals surface area (Å²) in [6.45, 7) is 6.33. The molecule has 2 saturated heterocycles. The maximum absolute atomic E-state index is 13.2. The molecule has 4 rings (SSSR count). The molecule has 1 aromatic heterocycles. The van der Waals surface area contributed by atoms with Crippen molar-refractivity contribution in [1.29, 1.82) is 0 Å². The van der Waals surface area contributed by atoms with Crippen molar-refractivity contribution in [2.75, 3.05) is 26.2 Å². The van der Waals surface area contributed by atoms with Crippen molar-refractivity contribution in [3.8, 4) is 0 Å². The topological polar surface area (TPSA) is 122 Å². The van der Waals surface area contributed by atoms with Gasteiger partial charge < -0.3 is 14.9 Å². The molecule has 2 aliphatic heterocycles. The number of rotatable bonds is 6. The lowest BCUT2D eigenvalue weighted by atomic mass is 9.94. The fraction of sp³-hybridized carbons (Fsp3) is 0.458. The summed E-state index contributed by atoms with van der Waals surface area (Å²) < 4.78 is 1.61. The summed E-state index contributed by atoms with van der Waals surface area (Å²) in [7, 11) is 1.74. The highest BCUT2D eigenvalue weighted by Crippen LogP contribution is 2.40. The molecule has 0 saturated carbocycles. The highest BCUT2D eigenvalue weighted by molar-refractivity contribution is 6.46. The van der Waals surface area contributed by atoms with Crippen LogP contribution in [0.1, 0.15) is 47.8 Å². The Bertz CT molecular complexity index is 1160. The average molecular weight is 468 g/mol. The van der Waals surface area contributed by atoms with E-state index in [1.54, 1.807) is 37.7 Å². The van der Waals surface area contributed by atoms with Crippen molar-refractivity contribution < 1.29 is 19.6 Å². The van der Waals surface area contributed by atoms with Crippen molar-refractivity contribution in [3.05, 3.63) is 62.5 Å². The number of piperidine rings is 1. The lowest BCUT2D eigenvalue weighted by Crippen LogP contribution is -2.39. The Morgan fingerprint density at radius 1 is 1.12 bits per heavy atom. The van der Waals surface area contributed by atoms with Gasteiger partial charge in [0.1, 0.15) is 5.76 Å². The molecular formula is C24H29N5O5. The van der Waals surface area contributed by atoms with Gasteiger partial charge in [-0.3, -0.25) is 24.4 Å². The number of Topliss-reactive ketones (excluding diaryl/α,β-unsaturated/α-hetero) is 1. The molecule has 34 heavy (non-hydrogen) atoms. The first-order valence-corrected chi connectivity index (χ1v) is 11.5. The number of hydrogen-bond donors (Lipinski definition) is 1. The lowest BCUT2D eigenvalue weighted by Gasteiger charge is -2.31. The maximum atomic E-state index is 13.2. The van der Waals surface area contributed by atoms with Crippen LogP contribution in [0.4, 0.5) is 5.69 Å². The summed E-state index contributed by atoms with van der Waals surface area (Å²) in [6, 6.07) is 4.93. The number of likely N-dealkylation sites (tertiary alicyclic amines) is 2. The summed E-state index contributed by atoms with van der Waals surface area (Å²) in [5.74, 6) is -1.71. The highest BCUT2D eigenvalue weighted by Gasteiger charge is 2.46. The third-order valence-corrected chi connectivity index (χ3v) is 6.81. The van der Waals surface area contributed by atoms with Crippen molar-refractivity contribution in [3.63, 3.8) is 0 Å². The van der Waals surface area contributed by atoms with Crippen molar-refractivity contribution in [2.45, 2.75) is 39.2 Å². The molecule has 1 unspecified atom stereocenters. The molecule has 1 amide bonds. The van der Waals surface area contributed by atoms with Crippen LogP contribution in [0.25, 0.3) is 5.76 Å². The van der Waals surface area contributed by atoms with Gasteiger partial charge in [0, 0.05) is 38.0 Å².